The van der Waals surface area contributed by atoms with Crippen molar-refractivity contribution in [2.75, 3.05) is 5.73 Å². The summed E-state index contributed by atoms with van der Waals surface area (Å²) in [5.74, 6) is -0.352. The third-order valence-corrected chi connectivity index (χ3v) is 1.84. The molecule has 0 amide bonds. The normalized spacial score (nSPS) is 12.5. The van der Waals surface area contributed by atoms with Gasteiger partial charge in [-0.2, -0.15) is 0 Å². The first-order valence-corrected chi connectivity index (χ1v) is 4.06. The molecule has 1 aromatic carbocycles. The van der Waals surface area contributed by atoms with E-state index in [0.717, 1.165) is 0 Å². The molecule has 0 aliphatic rings. The van der Waals surface area contributed by atoms with E-state index >= 15 is 0 Å². The molecular formula is C10H13FN2. The van der Waals surface area contributed by atoms with Crippen molar-refractivity contribution >= 4 is 5.69 Å². The van der Waals surface area contributed by atoms with Crippen LogP contribution in [0, 0.1) is 5.82 Å². The second-order valence-corrected chi connectivity index (χ2v) is 2.91. The quantitative estimate of drug-likeness (QED) is 0.552. The maximum absolute atomic E-state index is 13.2. The second-order valence-electron chi connectivity index (χ2n) is 2.91. The maximum atomic E-state index is 13.2. The highest BCUT2D eigenvalue weighted by Crippen LogP contribution is 2.19. The molecule has 0 saturated heterocycles. The van der Waals surface area contributed by atoms with E-state index < -0.39 is 0 Å². The summed E-state index contributed by atoms with van der Waals surface area (Å²) in [5.41, 5.74) is 12.0. The summed E-state index contributed by atoms with van der Waals surface area (Å²) in [5, 5.41) is 0. The van der Waals surface area contributed by atoms with Gasteiger partial charge in [0.1, 0.15) is 5.82 Å². The van der Waals surface area contributed by atoms with Crippen LogP contribution in [-0.4, -0.2) is 0 Å². The number of halogens is 1. The van der Waals surface area contributed by atoms with Crippen molar-refractivity contribution in [3.63, 3.8) is 0 Å². The van der Waals surface area contributed by atoms with Crippen molar-refractivity contribution in [3.05, 3.63) is 42.2 Å². The lowest BCUT2D eigenvalue weighted by atomic mass is 10.0. The van der Waals surface area contributed by atoms with Crippen LogP contribution in [0.4, 0.5) is 10.1 Å². The van der Waals surface area contributed by atoms with Gasteiger partial charge in [-0.25, -0.2) is 4.39 Å². The highest BCUT2D eigenvalue weighted by molar-refractivity contribution is 5.41. The lowest BCUT2D eigenvalue weighted by Gasteiger charge is -2.10. The smallest absolute Gasteiger partial charge is 0.130 e. The number of nitrogens with two attached hydrogens (primary N) is 2. The number of anilines is 1. The molecule has 1 atom stereocenters. The number of hydrogen-bond donors (Lipinski definition) is 2. The fourth-order valence-corrected chi connectivity index (χ4v) is 1.15. The minimum Gasteiger partial charge on any atom is -0.399 e. The number of nitrogen functional groups attached to an aromatic ring is 1. The third kappa shape index (κ3) is 2.29. The number of benzene rings is 1. The standard InChI is InChI=1S/C10H13FN2/c1-2-3-10(13)8-5-4-7(12)6-9(8)11/h2,4-6,10H,1,3,12-13H2/t10-/m1/s1. The summed E-state index contributed by atoms with van der Waals surface area (Å²) in [6.07, 6.45) is 2.22. The predicted octanol–water partition coefficient (Wildman–Crippen LogP) is 1.98. The number of rotatable bonds is 3. The van der Waals surface area contributed by atoms with Gasteiger partial charge in [-0.05, 0) is 18.6 Å². The van der Waals surface area contributed by atoms with Crippen molar-refractivity contribution in [3.8, 4) is 0 Å². The first-order chi connectivity index (χ1) is 6.15. The zero-order valence-corrected chi connectivity index (χ0v) is 7.33. The van der Waals surface area contributed by atoms with Crippen LogP contribution in [0.15, 0.2) is 30.9 Å². The lowest BCUT2D eigenvalue weighted by Crippen LogP contribution is -2.11. The Morgan fingerprint density at radius 2 is 2.23 bits per heavy atom. The van der Waals surface area contributed by atoms with Crippen LogP contribution in [-0.2, 0) is 0 Å². The minimum absolute atomic E-state index is 0.335. The van der Waals surface area contributed by atoms with E-state index in [9.17, 15) is 4.39 Å². The molecule has 0 saturated carbocycles. The summed E-state index contributed by atoms with van der Waals surface area (Å²) in [7, 11) is 0. The van der Waals surface area contributed by atoms with E-state index in [2.05, 4.69) is 6.58 Å². The Morgan fingerprint density at radius 1 is 1.54 bits per heavy atom. The SMILES string of the molecule is C=CC[C@@H](N)c1ccc(N)cc1F. The summed E-state index contributed by atoms with van der Waals surface area (Å²) in [6, 6.07) is 4.19. The van der Waals surface area contributed by atoms with Crippen LogP contribution in [0.1, 0.15) is 18.0 Å². The van der Waals surface area contributed by atoms with Crippen LogP contribution < -0.4 is 11.5 Å². The van der Waals surface area contributed by atoms with Gasteiger partial charge in [0.15, 0.2) is 0 Å². The number of hydrogen-bond acceptors (Lipinski definition) is 2. The van der Waals surface area contributed by atoms with E-state index in [0.29, 0.717) is 17.7 Å². The van der Waals surface area contributed by atoms with Crippen molar-refractivity contribution in [1.29, 1.82) is 0 Å². The van der Waals surface area contributed by atoms with Crippen molar-refractivity contribution < 1.29 is 4.39 Å². The Labute approximate surface area is 77.0 Å². The summed E-state index contributed by atoms with van der Waals surface area (Å²) < 4.78 is 13.2. The Morgan fingerprint density at radius 3 is 2.77 bits per heavy atom. The molecule has 0 unspecified atom stereocenters. The van der Waals surface area contributed by atoms with Gasteiger partial charge in [0, 0.05) is 17.3 Å². The molecule has 0 radical (unpaired) electrons. The van der Waals surface area contributed by atoms with Gasteiger partial charge in [0.2, 0.25) is 0 Å². The molecule has 0 bridgehead atoms. The third-order valence-electron chi connectivity index (χ3n) is 1.84. The van der Waals surface area contributed by atoms with E-state index in [1.54, 1.807) is 18.2 Å². The second kappa shape index (κ2) is 4.05. The zero-order valence-electron chi connectivity index (χ0n) is 7.33. The van der Waals surface area contributed by atoms with E-state index in [-0.39, 0.29) is 11.9 Å². The van der Waals surface area contributed by atoms with Crippen LogP contribution in [0.2, 0.25) is 0 Å². The zero-order chi connectivity index (χ0) is 9.84. The average Bonchev–Trinajstić information content (AvgIpc) is 2.04. The van der Waals surface area contributed by atoms with Gasteiger partial charge < -0.3 is 11.5 Å². The monoisotopic (exact) mass is 180 g/mol. The molecular weight excluding hydrogens is 167 g/mol. The Bertz CT molecular complexity index is 310. The maximum Gasteiger partial charge on any atom is 0.130 e. The minimum atomic E-state index is -0.352. The van der Waals surface area contributed by atoms with E-state index in [4.69, 9.17) is 11.5 Å². The molecule has 13 heavy (non-hydrogen) atoms. The van der Waals surface area contributed by atoms with Gasteiger partial charge in [0.25, 0.3) is 0 Å². The lowest BCUT2D eigenvalue weighted by molar-refractivity contribution is 0.584. The molecule has 4 N–H and O–H groups in total. The molecule has 0 heterocycles. The van der Waals surface area contributed by atoms with Crippen LogP contribution in [0.5, 0.6) is 0 Å². The van der Waals surface area contributed by atoms with Gasteiger partial charge >= 0.3 is 0 Å². The van der Waals surface area contributed by atoms with Crippen molar-refractivity contribution in [1.82, 2.24) is 0 Å². The Balaban J connectivity index is 2.94. The average molecular weight is 180 g/mol. The molecule has 70 valence electrons. The molecule has 0 fully saturated rings. The Kier molecular flexibility index (Phi) is 3.03. The molecule has 0 aliphatic carbocycles. The van der Waals surface area contributed by atoms with Gasteiger partial charge in [-0.3, -0.25) is 0 Å². The van der Waals surface area contributed by atoms with E-state index in [1.807, 2.05) is 0 Å². The fourth-order valence-electron chi connectivity index (χ4n) is 1.15. The van der Waals surface area contributed by atoms with Gasteiger partial charge in [-0.1, -0.05) is 12.1 Å². The summed E-state index contributed by atoms with van der Waals surface area (Å²) in [4.78, 5) is 0. The predicted molar refractivity (Wildman–Crippen MR) is 52.6 cm³/mol. The van der Waals surface area contributed by atoms with Crippen molar-refractivity contribution in [2.24, 2.45) is 5.73 Å². The molecule has 0 spiro atoms. The van der Waals surface area contributed by atoms with Crippen LogP contribution in [0.3, 0.4) is 0 Å². The first kappa shape index (κ1) is 9.74. The summed E-state index contributed by atoms with van der Waals surface area (Å²) >= 11 is 0. The highest BCUT2D eigenvalue weighted by Gasteiger charge is 2.09. The van der Waals surface area contributed by atoms with Crippen molar-refractivity contribution in [2.45, 2.75) is 12.5 Å². The molecule has 0 aromatic heterocycles. The highest BCUT2D eigenvalue weighted by atomic mass is 19.1. The van der Waals surface area contributed by atoms with Crippen LogP contribution in [0.25, 0.3) is 0 Å². The van der Waals surface area contributed by atoms with Gasteiger partial charge in [-0.15, -0.1) is 6.58 Å². The summed E-state index contributed by atoms with van der Waals surface area (Å²) in [6.45, 7) is 3.55. The molecule has 1 aromatic rings. The van der Waals surface area contributed by atoms with E-state index in [1.165, 1.54) is 6.07 Å². The molecule has 1 rings (SSSR count). The topological polar surface area (TPSA) is 52.0 Å². The fraction of sp³-hybridized carbons (Fsp3) is 0.200. The first-order valence-electron chi connectivity index (χ1n) is 4.06. The van der Waals surface area contributed by atoms with Crippen LogP contribution >= 0.6 is 0 Å². The molecule has 3 heteroatoms. The molecule has 0 aliphatic heterocycles. The Hall–Kier alpha value is -1.35. The molecule has 2 nitrogen and oxygen atoms in total. The largest absolute Gasteiger partial charge is 0.399 e. The van der Waals surface area contributed by atoms with Gasteiger partial charge in [0.05, 0.1) is 0 Å².